The van der Waals surface area contributed by atoms with Crippen LogP contribution in [0, 0.1) is 0 Å². The topological polar surface area (TPSA) is 73.7 Å². The minimum absolute atomic E-state index is 0.704. The Balaban J connectivity index is 2.21. The molecule has 0 atom stereocenters. The van der Waals surface area contributed by atoms with E-state index in [-0.39, 0.29) is 0 Å². The van der Waals surface area contributed by atoms with Crippen molar-refractivity contribution < 1.29 is 20.9 Å². The lowest BCUT2D eigenvalue weighted by molar-refractivity contribution is -0.369. The van der Waals surface area contributed by atoms with Crippen LogP contribution in [0.2, 0.25) is 0 Å². The Labute approximate surface area is 119 Å². The Kier molecular flexibility index (Phi) is 5.65. The Hall–Kier alpha value is -1.78. The molecule has 6 N–H and O–H groups in total. The lowest BCUT2D eigenvalue weighted by atomic mass is 10.1. The van der Waals surface area contributed by atoms with E-state index in [1.165, 1.54) is 0 Å². The third kappa shape index (κ3) is 3.62. The molecule has 4 nitrogen and oxygen atoms in total. The number of hydrogen-bond donors (Lipinski definition) is 2. The van der Waals surface area contributed by atoms with Gasteiger partial charge in [-0.15, -0.1) is 0 Å². The maximum atomic E-state index is 5.83. The summed E-state index contributed by atoms with van der Waals surface area (Å²) in [6, 6.07) is 12.2. The lowest BCUT2D eigenvalue weighted by Gasteiger charge is -2.12. The molecule has 2 aromatic carbocycles. The summed E-state index contributed by atoms with van der Waals surface area (Å²) in [4.78, 5) is 0. The third-order valence-corrected chi connectivity index (χ3v) is 3.15. The molecule has 4 heteroatoms. The highest BCUT2D eigenvalue weighted by molar-refractivity contribution is 5.93. The maximum absolute atomic E-state index is 5.83. The normalized spacial score (nSPS) is 10.7. The highest BCUT2D eigenvalue weighted by atomic mass is 16.5. The molecule has 2 aromatic rings. The second-order valence-electron chi connectivity index (χ2n) is 4.72. The molecule has 0 fully saturated rings. The number of ether oxygens (including phenoxy) is 2. The van der Waals surface area contributed by atoms with Crippen LogP contribution in [0.5, 0.6) is 11.5 Å². The van der Waals surface area contributed by atoms with Crippen LogP contribution in [0.4, 0.5) is 0 Å². The molecule has 0 aliphatic carbocycles. The summed E-state index contributed by atoms with van der Waals surface area (Å²) in [5.74, 6) is 1.83. The van der Waals surface area contributed by atoms with E-state index in [1.807, 2.05) is 24.3 Å². The van der Waals surface area contributed by atoms with Crippen molar-refractivity contribution >= 4 is 10.8 Å². The van der Waals surface area contributed by atoms with Crippen LogP contribution >= 0.6 is 0 Å². The second-order valence-corrected chi connectivity index (χ2v) is 4.72. The summed E-state index contributed by atoms with van der Waals surface area (Å²) in [7, 11) is 0. The van der Waals surface area contributed by atoms with Gasteiger partial charge in [0, 0.05) is 23.6 Å². The molecule has 0 aliphatic heterocycles. The fourth-order valence-corrected chi connectivity index (χ4v) is 2.07. The monoisotopic (exact) mass is 276 g/mol. The number of fused-ring (bicyclic) bond motifs is 1. The van der Waals surface area contributed by atoms with Gasteiger partial charge in [-0.3, -0.25) is 0 Å². The van der Waals surface area contributed by atoms with Crippen molar-refractivity contribution in [1.82, 2.24) is 0 Å². The zero-order chi connectivity index (χ0) is 14.2. The highest BCUT2D eigenvalue weighted by Crippen LogP contribution is 2.32. The van der Waals surface area contributed by atoms with E-state index in [4.69, 9.17) is 9.47 Å². The summed E-state index contributed by atoms with van der Waals surface area (Å²) >= 11 is 0. The van der Waals surface area contributed by atoms with Crippen molar-refractivity contribution in [1.29, 1.82) is 0 Å². The van der Waals surface area contributed by atoms with Gasteiger partial charge in [-0.1, -0.05) is 24.3 Å². The summed E-state index contributed by atoms with van der Waals surface area (Å²) in [6.45, 7) is 3.19. The lowest BCUT2D eigenvalue weighted by Crippen LogP contribution is -2.50. The van der Waals surface area contributed by atoms with Gasteiger partial charge < -0.3 is 20.9 Å². The van der Waals surface area contributed by atoms with Gasteiger partial charge in [0.25, 0.3) is 0 Å². The molecule has 0 heterocycles. The van der Waals surface area contributed by atoms with Crippen molar-refractivity contribution in [2.24, 2.45) is 0 Å². The molecule has 0 aliphatic rings. The molecule has 0 radical (unpaired) electrons. The van der Waals surface area contributed by atoms with Crippen LogP contribution in [-0.4, -0.2) is 26.3 Å². The second kappa shape index (κ2) is 7.72. The first kappa shape index (κ1) is 14.6. The number of hydrogen-bond acceptors (Lipinski definition) is 2. The minimum atomic E-state index is 0.704. The summed E-state index contributed by atoms with van der Waals surface area (Å²) in [5, 5.41) is 2.20. The molecule has 0 saturated heterocycles. The maximum Gasteiger partial charge on any atom is 0.127 e. The first-order valence-electron chi connectivity index (χ1n) is 7.22. The quantitative estimate of drug-likeness (QED) is 0.702. The number of rotatable bonds is 8. The third-order valence-electron chi connectivity index (χ3n) is 3.15. The van der Waals surface area contributed by atoms with Crippen molar-refractivity contribution in [3.8, 4) is 11.5 Å². The molecule has 108 valence electrons. The van der Waals surface area contributed by atoms with E-state index in [2.05, 4.69) is 23.6 Å². The zero-order valence-electron chi connectivity index (χ0n) is 11.9. The summed E-state index contributed by atoms with van der Waals surface area (Å²) in [6.07, 6.45) is 1.94. The Bertz CT molecular complexity index is 494. The first-order valence-corrected chi connectivity index (χ1v) is 7.22. The van der Waals surface area contributed by atoms with Gasteiger partial charge in [-0.2, -0.15) is 0 Å². The van der Waals surface area contributed by atoms with E-state index < -0.39 is 0 Å². The van der Waals surface area contributed by atoms with Gasteiger partial charge in [0.05, 0.1) is 26.3 Å². The van der Waals surface area contributed by atoms with E-state index in [9.17, 15) is 0 Å². The SMILES string of the molecule is [NH3+]CCCOc1cccc2c(OCCC[NH3+])cccc12. The number of benzene rings is 2. The van der Waals surface area contributed by atoms with Gasteiger partial charge in [0.2, 0.25) is 0 Å². The average molecular weight is 276 g/mol. The molecule has 0 amide bonds. The Morgan fingerprint density at radius 3 is 1.55 bits per heavy atom. The van der Waals surface area contributed by atoms with Crippen molar-refractivity contribution in [3.05, 3.63) is 36.4 Å². The van der Waals surface area contributed by atoms with Crippen LogP contribution in [0.15, 0.2) is 36.4 Å². The van der Waals surface area contributed by atoms with Gasteiger partial charge >= 0.3 is 0 Å². The largest absolute Gasteiger partial charge is 0.493 e. The predicted octanol–water partition coefficient (Wildman–Crippen LogP) is 0.861. The molecular weight excluding hydrogens is 252 g/mol. The molecule has 0 spiro atoms. The Morgan fingerprint density at radius 2 is 1.15 bits per heavy atom. The zero-order valence-corrected chi connectivity index (χ0v) is 11.9. The standard InChI is InChI=1S/C16H22N2O2/c17-9-3-11-19-15-7-1-5-13-14(15)6-2-8-16(13)20-12-4-10-18/h1-2,5-8H,3-4,9-12,17-18H2/p+2. The smallest absolute Gasteiger partial charge is 0.127 e. The summed E-state index contributed by atoms with van der Waals surface area (Å²) < 4.78 is 11.7. The molecular formula is C16H24N2O2+2. The predicted molar refractivity (Wildman–Crippen MR) is 79.7 cm³/mol. The molecule has 0 aromatic heterocycles. The fraction of sp³-hybridized carbons (Fsp3) is 0.375. The van der Waals surface area contributed by atoms with Crippen molar-refractivity contribution in [2.75, 3.05) is 26.3 Å². The molecule has 20 heavy (non-hydrogen) atoms. The van der Waals surface area contributed by atoms with Gasteiger partial charge in [0.15, 0.2) is 0 Å². The van der Waals surface area contributed by atoms with Crippen LogP contribution in [-0.2, 0) is 0 Å². The van der Waals surface area contributed by atoms with Crippen molar-refractivity contribution in [3.63, 3.8) is 0 Å². The van der Waals surface area contributed by atoms with Crippen LogP contribution < -0.4 is 20.9 Å². The molecule has 2 rings (SSSR count). The number of quaternary nitrogens is 2. The van der Waals surface area contributed by atoms with E-state index >= 15 is 0 Å². The van der Waals surface area contributed by atoms with Crippen LogP contribution in [0.3, 0.4) is 0 Å². The molecule has 0 unspecified atom stereocenters. The van der Waals surface area contributed by atoms with Gasteiger partial charge in [0.1, 0.15) is 11.5 Å². The average Bonchev–Trinajstić information content (AvgIpc) is 2.48. The molecule has 0 saturated carbocycles. The van der Waals surface area contributed by atoms with E-state index in [0.717, 1.165) is 48.2 Å². The van der Waals surface area contributed by atoms with Crippen molar-refractivity contribution in [2.45, 2.75) is 12.8 Å². The van der Waals surface area contributed by atoms with E-state index in [1.54, 1.807) is 0 Å². The fourth-order valence-electron chi connectivity index (χ4n) is 2.07. The highest BCUT2D eigenvalue weighted by Gasteiger charge is 2.06. The van der Waals surface area contributed by atoms with Gasteiger partial charge in [-0.05, 0) is 12.1 Å². The van der Waals surface area contributed by atoms with Crippen LogP contribution in [0.1, 0.15) is 12.8 Å². The summed E-state index contributed by atoms with van der Waals surface area (Å²) in [5.41, 5.74) is 7.66. The van der Waals surface area contributed by atoms with Crippen LogP contribution in [0.25, 0.3) is 10.8 Å². The molecule has 0 bridgehead atoms. The Morgan fingerprint density at radius 1 is 0.700 bits per heavy atom. The first-order chi connectivity index (χ1) is 9.86. The van der Waals surface area contributed by atoms with Gasteiger partial charge in [-0.25, -0.2) is 0 Å². The van der Waals surface area contributed by atoms with E-state index in [0.29, 0.717) is 13.2 Å². The minimum Gasteiger partial charge on any atom is -0.493 e.